The quantitative estimate of drug-likeness (QED) is 0.821. The molecule has 0 radical (unpaired) electrons. The zero-order valence-corrected chi connectivity index (χ0v) is 9.32. The van der Waals surface area contributed by atoms with Crippen molar-refractivity contribution in [3.05, 3.63) is 11.7 Å². The van der Waals surface area contributed by atoms with Gasteiger partial charge in [0.2, 0.25) is 0 Å². The summed E-state index contributed by atoms with van der Waals surface area (Å²) in [4.78, 5) is 4.47. The highest BCUT2D eigenvalue weighted by molar-refractivity contribution is 5.01. The number of hydrogen-bond donors (Lipinski definition) is 1. The Balaban J connectivity index is 1.71. The van der Waals surface area contributed by atoms with Gasteiger partial charge in [0.05, 0.1) is 0 Å². The van der Waals surface area contributed by atoms with Gasteiger partial charge in [0.15, 0.2) is 5.82 Å². The van der Waals surface area contributed by atoms with Crippen LogP contribution in [-0.2, 0) is 4.74 Å². The Morgan fingerprint density at radius 3 is 3.00 bits per heavy atom. The number of nitrogens with one attached hydrogen (secondary N) is 1. The monoisotopic (exact) mass is 223 g/mol. The van der Waals surface area contributed by atoms with Crippen molar-refractivity contribution in [2.75, 3.05) is 19.7 Å². The summed E-state index contributed by atoms with van der Waals surface area (Å²) in [6.45, 7) is 2.83. The largest absolute Gasteiger partial charge is 0.368 e. The van der Waals surface area contributed by atoms with Gasteiger partial charge in [-0.2, -0.15) is 4.98 Å². The molecule has 0 bridgehead atoms. The Morgan fingerprint density at radius 1 is 1.25 bits per heavy atom. The minimum absolute atomic E-state index is 0.0318. The zero-order chi connectivity index (χ0) is 10.8. The number of aromatic nitrogens is 2. The molecule has 1 aromatic heterocycles. The fraction of sp³-hybridized carbons (Fsp3) is 0.818. The van der Waals surface area contributed by atoms with E-state index in [0.717, 1.165) is 44.8 Å². The summed E-state index contributed by atoms with van der Waals surface area (Å²) in [5, 5.41) is 7.37. The molecule has 1 aromatic rings. The summed E-state index contributed by atoms with van der Waals surface area (Å²) < 4.78 is 10.9. The van der Waals surface area contributed by atoms with E-state index in [1.54, 1.807) is 0 Å². The van der Waals surface area contributed by atoms with Crippen LogP contribution >= 0.6 is 0 Å². The first-order valence-corrected chi connectivity index (χ1v) is 6.09. The van der Waals surface area contributed by atoms with Gasteiger partial charge in [-0.05, 0) is 32.2 Å². The maximum atomic E-state index is 5.63. The lowest BCUT2D eigenvalue weighted by Gasteiger charge is -2.18. The van der Waals surface area contributed by atoms with Crippen molar-refractivity contribution >= 4 is 0 Å². The lowest BCUT2D eigenvalue weighted by Crippen LogP contribution is -2.12. The highest BCUT2D eigenvalue weighted by atomic mass is 16.5. The summed E-state index contributed by atoms with van der Waals surface area (Å²) >= 11 is 0. The molecule has 0 spiro atoms. The van der Waals surface area contributed by atoms with Gasteiger partial charge in [0.25, 0.3) is 5.89 Å². The van der Waals surface area contributed by atoms with E-state index in [-0.39, 0.29) is 6.10 Å². The molecule has 88 valence electrons. The molecule has 3 rings (SSSR count). The highest BCUT2D eigenvalue weighted by Crippen LogP contribution is 2.28. The molecule has 2 aliphatic heterocycles. The molecule has 0 aliphatic carbocycles. The maximum absolute atomic E-state index is 5.63. The van der Waals surface area contributed by atoms with Crippen LogP contribution in [0.5, 0.6) is 0 Å². The Bertz CT molecular complexity index is 341. The van der Waals surface area contributed by atoms with Crippen LogP contribution in [0.3, 0.4) is 0 Å². The average molecular weight is 223 g/mol. The molecule has 1 N–H and O–H groups in total. The molecule has 0 amide bonds. The van der Waals surface area contributed by atoms with Crippen LogP contribution in [0.4, 0.5) is 0 Å². The van der Waals surface area contributed by atoms with Gasteiger partial charge < -0.3 is 14.6 Å². The van der Waals surface area contributed by atoms with Gasteiger partial charge in [-0.15, -0.1) is 0 Å². The Labute approximate surface area is 94.6 Å². The lowest BCUT2D eigenvalue weighted by atomic mass is 10.1. The molecule has 2 aliphatic rings. The van der Waals surface area contributed by atoms with Crippen molar-refractivity contribution in [1.29, 1.82) is 0 Å². The van der Waals surface area contributed by atoms with Crippen LogP contribution in [0.2, 0.25) is 0 Å². The molecule has 16 heavy (non-hydrogen) atoms. The minimum Gasteiger partial charge on any atom is -0.368 e. The third-order valence-electron chi connectivity index (χ3n) is 3.34. The van der Waals surface area contributed by atoms with E-state index in [9.17, 15) is 0 Å². The highest BCUT2D eigenvalue weighted by Gasteiger charge is 2.26. The SMILES string of the molecule is C1CCC(c2nc(C3CCNC3)no2)OC1. The molecule has 5 heteroatoms. The van der Waals surface area contributed by atoms with Crippen molar-refractivity contribution in [3.8, 4) is 0 Å². The van der Waals surface area contributed by atoms with Crippen LogP contribution in [0.25, 0.3) is 0 Å². The number of hydrogen-bond acceptors (Lipinski definition) is 5. The second-order valence-corrected chi connectivity index (χ2v) is 4.54. The smallest absolute Gasteiger partial charge is 0.255 e. The molecule has 2 unspecified atom stereocenters. The van der Waals surface area contributed by atoms with Crippen LogP contribution < -0.4 is 5.32 Å². The summed E-state index contributed by atoms with van der Waals surface area (Å²) in [6, 6.07) is 0. The first kappa shape index (κ1) is 10.2. The first-order chi connectivity index (χ1) is 7.93. The third-order valence-corrected chi connectivity index (χ3v) is 3.34. The van der Waals surface area contributed by atoms with E-state index in [1.807, 2.05) is 0 Å². The van der Waals surface area contributed by atoms with Gasteiger partial charge in [-0.25, -0.2) is 0 Å². The predicted octanol–water partition coefficient (Wildman–Crippen LogP) is 1.39. The van der Waals surface area contributed by atoms with Crippen LogP contribution in [-0.4, -0.2) is 29.8 Å². The summed E-state index contributed by atoms with van der Waals surface area (Å²) in [5.74, 6) is 1.93. The van der Waals surface area contributed by atoms with Crippen molar-refractivity contribution in [1.82, 2.24) is 15.5 Å². The van der Waals surface area contributed by atoms with E-state index >= 15 is 0 Å². The summed E-state index contributed by atoms with van der Waals surface area (Å²) in [7, 11) is 0. The van der Waals surface area contributed by atoms with Crippen molar-refractivity contribution in [3.63, 3.8) is 0 Å². The standard InChI is InChI=1S/C11H17N3O2/c1-2-6-15-9(3-1)11-13-10(14-16-11)8-4-5-12-7-8/h8-9,12H,1-7H2. The van der Waals surface area contributed by atoms with Gasteiger partial charge >= 0.3 is 0 Å². The number of ether oxygens (including phenoxy) is 1. The van der Waals surface area contributed by atoms with Crippen LogP contribution in [0.15, 0.2) is 4.52 Å². The molecule has 2 atom stereocenters. The zero-order valence-electron chi connectivity index (χ0n) is 9.32. The van der Waals surface area contributed by atoms with E-state index < -0.39 is 0 Å². The molecule has 0 aromatic carbocycles. The molecule has 2 fully saturated rings. The Morgan fingerprint density at radius 2 is 2.25 bits per heavy atom. The summed E-state index contributed by atoms with van der Waals surface area (Å²) in [6.07, 6.45) is 4.47. The van der Waals surface area contributed by atoms with Gasteiger partial charge in [-0.3, -0.25) is 0 Å². The van der Waals surface area contributed by atoms with Crippen molar-refractivity contribution in [2.24, 2.45) is 0 Å². The van der Waals surface area contributed by atoms with E-state index in [4.69, 9.17) is 9.26 Å². The van der Waals surface area contributed by atoms with Crippen LogP contribution in [0.1, 0.15) is 49.4 Å². The predicted molar refractivity (Wildman–Crippen MR) is 57.1 cm³/mol. The normalized spacial score (nSPS) is 30.8. The molecule has 2 saturated heterocycles. The van der Waals surface area contributed by atoms with Gasteiger partial charge in [-0.1, -0.05) is 5.16 Å². The second kappa shape index (κ2) is 4.51. The Hall–Kier alpha value is -0.940. The van der Waals surface area contributed by atoms with E-state index in [0.29, 0.717) is 11.8 Å². The number of nitrogens with zero attached hydrogens (tertiary/aromatic N) is 2. The molecule has 0 saturated carbocycles. The van der Waals surface area contributed by atoms with Crippen molar-refractivity contribution < 1.29 is 9.26 Å². The minimum atomic E-state index is 0.0318. The van der Waals surface area contributed by atoms with E-state index in [2.05, 4.69) is 15.5 Å². The summed E-state index contributed by atoms with van der Waals surface area (Å²) in [5.41, 5.74) is 0. The fourth-order valence-corrected chi connectivity index (χ4v) is 2.35. The number of rotatable bonds is 2. The second-order valence-electron chi connectivity index (χ2n) is 4.54. The van der Waals surface area contributed by atoms with Crippen molar-refractivity contribution in [2.45, 2.75) is 37.7 Å². The third kappa shape index (κ3) is 1.97. The fourth-order valence-electron chi connectivity index (χ4n) is 2.35. The molecule has 3 heterocycles. The van der Waals surface area contributed by atoms with E-state index in [1.165, 1.54) is 6.42 Å². The average Bonchev–Trinajstić information content (AvgIpc) is 3.01. The van der Waals surface area contributed by atoms with Crippen LogP contribution in [0, 0.1) is 0 Å². The van der Waals surface area contributed by atoms with Gasteiger partial charge in [0, 0.05) is 19.1 Å². The first-order valence-electron chi connectivity index (χ1n) is 6.09. The molecular formula is C11H17N3O2. The maximum Gasteiger partial charge on any atom is 0.255 e. The topological polar surface area (TPSA) is 60.2 Å². The molecular weight excluding hydrogens is 206 g/mol. The lowest BCUT2D eigenvalue weighted by molar-refractivity contribution is -0.00459. The Kier molecular flexibility index (Phi) is 2.88. The van der Waals surface area contributed by atoms with Gasteiger partial charge in [0.1, 0.15) is 6.10 Å². The molecule has 5 nitrogen and oxygen atoms in total.